The molecule has 7 nitrogen and oxygen atoms in total. The Morgan fingerprint density at radius 1 is 1.13 bits per heavy atom. The van der Waals surface area contributed by atoms with Gasteiger partial charge in [0.15, 0.2) is 0 Å². The molecule has 2 aromatic rings. The van der Waals surface area contributed by atoms with Crippen molar-refractivity contribution in [1.82, 2.24) is 20.2 Å². The van der Waals surface area contributed by atoms with Crippen LogP contribution in [0.4, 0.5) is 5.82 Å². The lowest BCUT2D eigenvalue weighted by Crippen LogP contribution is -2.54. The van der Waals surface area contributed by atoms with Gasteiger partial charge in [0.25, 0.3) is 5.91 Å². The molecule has 2 saturated heterocycles. The SMILES string of the molecule is Cc1cc(N2CCC[C@@](O)(CNC(=O)c3ccc(CN4CCCC4)cc3)C2)ncn1. The summed E-state index contributed by atoms with van der Waals surface area (Å²) in [6, 6.07) is 9.74. The highest BCUT2D eigenvalue weighted by atomic mass is 16.3. The van der Waals surface area contributed by atoms with Crippen molar-refractivity contribution in [2.75, 3.05) is 37.6 Å². The predicted molar refractivity (Wildman–Crippen MR) is 116 cm³/mol. The van der Waals surface area contributed by atoms with Crippen LogP contribution in [-0.2, 0) is 6.54 Å². The maximum absolute atomic E-state index is 12.6. The van der Waals surface area contributed by atoms with Gasteiger partial charge in [-0.05, 0) is 63.4 Å². The number of β-amino-alcohol motifs (C(OH)–C–C–N with tert-alkyl or cyclic N) is 1. The van der Waals surface area contributed by atoms with Crippen LogP contribution in [-0.4, -0.2) is 64.2 Å². The maximum atomic E-state index is 12.6. The number of hydrogen-bond donors (Lipinski definition) is 2. The summed E-state index contributed by atoms with van der Waals surface area (Å²) < 4.78 is 0. The van der Waals surface area contributed by atoms with E-state index in [-0.39, 0.29) is 12.5 Å². The molecule has 0 radical (unpaired) electrons. The van der Waals surface area contributed by atoms with E-state index in [1.165, 1.54) is 18.4 Å². The van der Waals surface area contributed by atoms with Crippen LogP contribution in [0.15, 0.2) is 36.7 Å². The average molecular weight is 410 g/mol. The molecule has 2 N–H and O–H groups in total. The summed E-state index contributed by atoms with van der Waals surface area (Å²) in [7, 11) is 0. The average Bonchev–Trinajstić information content (AvgIpc) is 3.26. The maximum Gasteiger partial charge on any atom is 0.251 e. The van der Waals surface area contributed by atoms with Crippen LogP contribution < -0.4 is 10.2 Å². The molecule has 2 aliphatic heterocycles. The Morgan fingerprint density at radius 2 is 1.90 bits per heavy atom. The number of nitrogens with zero attached hydrogens (tertiary/aromatic N) is 4. The van der Waals surface area contributed by atoms with Crippen molar-refractivity contribution in [3.05, 3.63) is 53.5 Å². The Bertz CT molecular complexity index is 866. The highest BCUT2D eigenvalue weighted by Crippen LogP contribution is 2.24. The molecule has 0 unspecified atom stereocenters. The van der Waals surface area contributed by atoms with Gasteiger partial charge in [0.1, 0.15) is 12.1 Å². The number of carbonyl (C=O) groups is 1. The highest BCUT2D eigenvalue weighted by Gasteiger charge is 2.34. The fourth-order valence-corrected chi connectivity index (χ4v) is 4.37. The van der Waals surface area contributed by atoms with Crippen molar-refractivity contribution in [2.45, 2.75) is 44.8 Å². The van der Waals surface area contributed by atoms with Crippen LogP contribution in [0.3, 0.4) is 0 Å². The summed E-state index contributed by atoms with van der Waals surface area (Å²) in [5.74, 6) is 0.673. The molecule has 0 saturated carbocycles. The smallest absolute Gasteiger partial charge is 0.251 e. The van der Waals surface area contributed by atoms with Crippen LogP contribution in [0.25, 0.3) is 0 Å². The van der Waals surface area contributed by atoms with Crippen LogP contribution in [0.2, 0.25) is 0 Å². The standard InChI is InChI=1S/C23H31N5O2/c1-18-13-21(26-17-25-18)28-12-4-9-23(30,16-28)15-24-22(29)20-7-5-19(6-8-20)14-27-10-2-3-11-27/h5-8,13,17,30H,2-4,9-12,14-16H2,1H3,(H,24,29)/t23-/m1/s1. The minimum absolute atomic E-state index is 0.147. The van der Waals surface area contributed by atoms with E-state index in [0.29, 0.717) is 18.5 Å². The Balaban J connectivity index is 1.32. The van der Waals surface area contributed by atoms with Crippen molar-refractivity contribution >= 4 is 11.7 Å². The van der Waals surface area contributed by atoms with Gasteiger partial charge in [-0.3, -0.25) is 9.69 Å². The third-order valence-electron chi connectivity index (χ3n) is 6.07. The third kappa shape index (κ3) is 5.15. The number of benzene rings is 1. The molecule has 1 aromatic carbocycles. The molecule has 0 spiro atoms. The minimum Gasteiger partial charge on any atom is -0.386 e. The monoisotopic (exact) mass is 409 g/mol. The molecule has 2 aliphatic rings. The molecule has 7 heteroatoms. The Kier molecular flexibility index (Phi) is 6.29. The molecule has 3 heterocycles. The summed E-state index contributed by atoms with van der Waals surface area (Å²) in [5.41, 5.74) is 1.79. The number of rotatable bonds is 6. The lowest BCUT2D eigenvalue weighted by molar-refractivity contribution is 0.0254. The number of aryl methyl sites for hydroxylation is 1. The highest BCUT2D eigenvalue weighted by molar-refractivity contribution is 5.94. The molecular formula is C23H31N5O2. The Hall–Kier alpha value is -2.51. The second-order valence-corrected chi connectivity index (χ2v) is 8.63. The molecule has 160 valence electrons. The van der Waals surface area contributed by atoms with E-state index in [9.17, 15) is 9.90 Å². The van der Waals surface area contributed by atoms with E-state index in [0.717, 1.165) is 44.1 Å². The van der Waals surface area contributed by atoms with Crippen molar-refractivity contribution in [1.29, 1.82) is 0 Å². The van der Waals surface area contributed by atoms with Gasteiger partial charge in [-0.15, -0.1) is 0 Å². The molecule has 30 heavy (non-hydrogen) atoms. The van der Waals surface area contributed by atoms with Crippen molar-refractivity contribution < 1.29 is 9.90 Å². The van der Waals surface area contributed by atoms with Crippen molar-refractivity contribution in [3.8, 4) is 0 Å². The fourth-order valence-electron chi connectivity index (χ4n) is 4.37. The normalized spacial score (nSPS) is 22.3. The van der Waals surface area contributed by atoms with Crippen molar-refractivity contribution in [3.63, 3.8) is 0 Å². The van der Waals surface area contributed by atoms with E-state index in [1.54, 1.807) is 6.33 Å². The first-order valence-electron chi connectivity index (χ1n) is 10.9. The molecule has 1 amide bonds. The molecule has 1 aromatic heterocycles. The number of carbonyl (C=O) groups excluding carboxylic acids is 1. The zero-order valence-electron chi connectivity index (χ0n) is 17.7. The first-order chi connectivity index (χ1) is 14.5. The van der Waals surface area contributed by atoms with Gasteiger partial charge >= 0.3 is 0 Å². The zero-order valence-corrected chi connectivity index (χ0v) is 17.7. The summed E-state index contributed by atoms with van der Waals surface area (Å²) in [4.78, 5) is 25.6. The largest absolute Gasteiger partial charge is 0.386 e. The number of nitrogens with one attached hydrogen (secondary N) is 1. The first kappa shape index (κ1) is 20.8. The van der Waals surface area contributed by atoms with E-state index in [2.05, 4.69) is 25.1 Å². The summed E-state index contributed by atoms with van der Waals surface area (Å²) in [5, 5.41) is 14.0. The zero-order chi connectivity index (χ0) is 21.0. The lowest BCUT2D eigenvalue weighted by Gasteiger charge is -2.39. The second kappa shape index (κ2) is 9.10. The fraction of sp³-hybridized carbons (Fsp3) is 0.522. The number of hydrogen-bond acceptors (Lipinski definition) is 6. The van der Waals surface area contributed by atoms with E-state index in [1.807, 2.05) is 37.3 Å². The van der Waals surface area contributed by atoms with Gasteiger partial charge < -0.3 is 15.3 Å². The third-order valence-corrected chi connectivity index (χ3v) is 6.07. The predicted octanol–water partition coefficient (Wildman–Crippen LogP) is 2.14. The Labute approximate surface area is 178 Å². The van der Waals surface area contributed by atoms with Crippen molar-refractivity contribution in [2.24, 2.45) is 0 Å². The summed E-state index contributed by atoms with van der Waals surface area (Å²) in [6.07, 6.45) is 5.60. The van der Waals surface area contributed by atoms with Crippen LogP contribution >= 0.6 is 0 Å². The second-order valence-electron chi connectivity index (χ2n) is 8.63. The van der Waals surface area contributed by atoms with E-state index < -0.39 is 5.60 Å². The van der Waals surface area contributed by atoms with Gasteiger partial charge in [0, 0.05) is 43.5 Å². The van der Waals surface area contributed by atoms with Gasteiger partial charge in [0.2, 0.25) is 0 Å². The number of amides is 1. The lowest BCUT2D eigenvalue weighted by atomic mass is 9.92. The quantitative estimate of drug-likeness (QED) is 0.761. The number of piperidine rings is 1. The molecule has 0 aliphatic carbocycles. The summed E-state index contributed by atoms with van der Waals surface area (Å²) >= 11 is 0. The number of anilines is 1. The van der Waals surface area contributed by atoms with E-state index in [4.69, 9.17) is 0 Å². The number of aromatic nitrogens is 2. The van der Waals surface area contributed by atoms with Crippen LogP contribution in [0.5, 0.6) is 0 Å². The van der Waals surface area contributed by atoms with Gasteiger partial charge in [-0.2, -0.15) is 0 Å². The Morgan fingerprint density at radius 3 is 2.63 bits per heavy atom. The topological polar surface area (TPSA) is 81.6 Å². The van der Waals surface area contributed by atoms with Gasteiger partial charge in [-0.25, -0.2) is 9.97 Å². The molecular weight excluding hydrogens is 378 g/mol. The van der Waals surface area contributed by atoms with E-state index >= 15 is 0 Å². The molecule has 1 atom stereocenters. The molecule has 0 bridgehead atoms. The van der Waals surface area contributed by atoms with Crippen LogP contribution in [0, 0.1) is 6.92 Å². The first-order valence-corrected chi connectivity index (χ1v) is 10.9. The van der Waals surface area contributed by atoms with Crippen LogP contribution in [0.1, 0.15) is 47.3 Å². The van der Waals surface area contributed by atoms with Gasteiger partial charge in [0.05, 0.1) is 5.60 Å². The number of aliphatic hydroxyl groups is 1. The molecule has 2 fully saturated rings. The molecule has 4 rings (SSSR count). The minimum atomic E-state index is -0.970. The van der Waals surface area contributed by atoms with Gasteiger partial charge in [-0.1, -0.05) is 12.1 Å². The number of likely N-dealkylation sites (tertiary alicyclic amines) is 1. The summed E-state index contributed by atoms with van der Waals surface area (Å²) in [6.45, 7) is 6.70.